The Morgan fingerprint density at radius 1 is 1.50 bits per heavy atom. The Morgan fingerprint density at radius 2 is 2.29 bits per heavy atom. The summed E-state index contributed by atoms with van der Waals surface area (Å²) in [7, 11) is 0. The monoisotopic (exact) mass is 273 g/mol. The van der Waals surface area contributed by atoms with Gasteiger partial charge in [0.2, 0.25) is 0 Å². The van der Waals surface area contributed by atoms with Crippen LogP contribution in [0.5, 0.6) is 0 Å². The summed E-state index contributed by atoms with van der Waals surface area (Å²) in [5.41, 5.74) is 2.65. The predicted octanol–water partition coefficient (Wildman–Crippen LogP) is 3.84. The number of nitrogens with one attached hydrogen (secondary N) is 1. The molecule has 1 N–H and O–H groups in total. The fraction of sp³-hybridized carbons (Fsp3) is 0.455. The average molecular weight is 275 g/mol. The number of halogens is 2. The van der Waals surface area contributed by atoms with Gasteiger partial charge in [-0.05, 0) is 65.5 Å². The Kier molecular flexibility index (Phi) is 3.15. The standard InChI is InChI=1S/C11H13BrClN/c1-7-5-10(13)9(12)6-8(7)11-3-2-4-14-11/h5-6,11,14H,2-4H2,1H3. The SMILES string of the molecule is Cc1cc(Cl)c(Br)cc1C1CCCN1. The molecule has 1 nitrogen and oxygen atoms in total. The second-order valence-electron chi connectivity index (χ2n) is 3.77. The third-order valence-electron chi connectivity index (χ3n) is 2.74. The Bertz CT molecular complexity index is 345. The molecule has 1 heterocycles. The van der Waals surface area contributed by atoms with Crippen LogP contribution in [0, 0.1) is 6.92 Å². The summed E-state index contributed by atoms with van der Waals surface area (Å²) in [6.45, 7) is 3.25. The fourth-order valence-electron chi connectivity index (χ4n) is 1.99. The summed E-state index contributed by atoms with van der Waals surface area (Å²) in [6, 6.07) is 4.69. The van der Waals surface area contributed by atoms with Gasteiger partial charge in [-0.3, -0.25) is 0 Å². The van der Waals surface area contributed by atoms with Gasteiger partial charge in [0, 0.05) is 10.5 Å². The fourth-order valence-corrected chi connectivity index (χ4v) is 2.57. The van der Waals surface area contributed by atoms with Crippen LogP contribution < -0.4 is 5.32 Å². The van der Waals surface area contributed by atoms with Crippen molar-refractivity contribution in [1.29, 1.82) is 0 Å². The summed E-state index contributed by atoms with van der Waals surface area (Å²) in [4.78, 5) is 0. The lowest BCUT2D eigenvalue weighted by Gasteiger charge is -2.14. The van der Waals surface area contributed by atoms with Crippen LogP contribution in [0.2, 0.25) is 5.02 Å². The molecular weight excluding hydrogens is 261 g/mol. The zero-order valence-electron chi connectivity index (χ0n) is 8.11. The van der Waals surface area contributed by atoms with E-state index in [1.165, 1.54) is 24.0 Å². The van der Waals surface area contributed by atoms with Crippen molar-refractivity contribution >= 4 is 27.5 Å². The maximum Gasteiger partial charge on any atom is 0.0550 e. The van der Waals surface area contributed by atoms with E-state index in [0.29, 0.717) is 6.04 Å². The third-order valence-corrected chi connectivity index (χ3v) is 3.94. The highest BCUT2D eigenvalue weighted by Gasteiger charge is 2.18. The van der Waals surface area contributed by atoms with E-state index in [0.717, 1.165) is 16.0 Å². The molecule has 1 aliphatic heterocycles. The average Bonchev–Trinajstić information content (AvgIpc) is 2.64. The molecule has 0 aromatic heterocycles. The van der Waals surface area contributed by atoms with Gasteiger partial charge in [-0.1, -0.05) is 11.6 Å². The molecule has 0 bridgehead atoms. The van der Waals surface area contributed by atoms with Crippen LogP contribution in [-0.2, 0) is 0 Å². The maximum atomic E-state index is 6.03. The number of benzene rings is 1. The lowest BCUT2D eigenvalue weighted by molar-refractivity contribution is 0.643. The molecule has 0 amide bonds. The Morgan fingerprint density at radius 3 is 2.93 bits per heavy atom. The summed E-state index contributed by atoms with van der Waals surface area (Å²) in [5, 5.41) is 4.29. The minimum Gasteiger partial charge on any atom is -0.310 e. The third kappa shape index (κ3) is 1.97. The molecule has 1 aliphatic rings. The molecule has 1 aromatic carbocycles. The van der Waals surface area contributed by atoms with Crippen LogP contribution in [0.1, 0.15) is 30.0 Å². The molecule has 1 aromatic rings. The normalized spacial score (nSPS) is 21.5. The first kappa shape index (κ1) is 10.5. The summed E-state index contributed by atoms with van der Waals surface area (Å²) < 4.78 is 0.994. The van der Waals surface area contributed by atoms with E-state index < -0.39 is 0 Å². The topological polar surface area (TPSA) is 12.0 Å². The minimum atomic E-state index is 0.517. The van der Waals surface area contributed by atoms with Gasteiger partial charge in [-0.25, -0.2) is 0 Å². The summed E-state index contributed by atoms with van der Waals surface area (Å²) in [5.74, 6) is 0. The van der Waals surface area contributed by atoms with Crippen LogP contribution in [0.3, 0.4) is 0 Å². The Hall–Kier alpha value is -0.0500. The molecule has 14 heavy (non-hydrogen) atoms. The smallest absolute Gasteiger partial charge is 0.0550 e. The highest BCUT2D eigenvalue weighted by atomic mass is 79.9. The van der Waals surface area contributed by atoms with Crippen LogP contribution in [0.25, 0.3) is 0 Å². The van der Waals surface area contributed by atoms with E-state index in [-0.39, 0.29) is 0 Å². The Labute approximate surface area is 98.0 Å². The number of hydrogen-bond donors (Lipinski definition) is 1. The summed E-state index contributed by atoms with van der Waals surface area (Å²) >= 11 is 9.49. The highest BCUT2D eigenvalue weighted by molar-refractivity contribution is 9.10. The molecule has 1 saturated heterocycles. The van der Waals surface area contributed by atoms with E-state index in [1.807, 2.05) is 6.07 Å². The lowest BCUT2D eigenvalue weighted by atomic mass is 10.0. The lowest BCUT2D eigenvalue weighted by Crippen LogP contribution is -2.13. The van der Waals surface area contributed by atoms with Gasteiger partial charge in [0.15, 0.2) is 0 Å². The van der Waals surface area contributed by atoms with Crippen molar-refractivity contribution in [3.63, 3.8) is 0 Å². The zero-order chi connectivity index (χ0) is 10.1. The highest BCUT2D eigenvalue weighted by Crippen LogP contribution is 2.32. The number of hydrogen-bond acceptors (Lipinski definition) is 1. The van der Waals surface area contributed by atoms with Crippen molar-refractivity contribution in [1.82, 2.24) is 5.32 Å². The van der Waals surface area contributed by atoms with E-state index in [9.17, 15) is 0 Å². The van der Waals surface area contributed by atoms with Crippen molar-refractivity contribution in [3.8, 4) is 0 Å². The summed E-state index contributed by atoms with van der Waals surface area (Å²) in [6.07, 6.45) is 2.50. The van der Waals surface area contributed by atoms with Crippen molar-refractivity contribution in [2.24, 2.45) is 0 Å². The van der Waals surface area contributed by atoms with E-state index >= 15 is 0 Å². The molecule has 0 radical (unpaired) electrons. The molecule has 1 fully saturated rings. The van der Waals surface area contributed by atoms with Gasteiger partial charge in [0.1, 0.15) is 0 Å². The first-order valence-electron chi connectivity index (χ1n) is 4.87. The van der Waals surface area contributed by atoms with Crippen molar-refractivity contribution in [2.75, 3.05) is 6.54 Å². The molecule has 0 spiro atoms. The second kappa shape index (κ2) is 4.21. The molecule has 1 unspecified atom stereocenters. The van der Waals surface area contributed by atoms with Crippen LogP contribution >= 0.6 is 27.5 Å². The first-order chi connectivity index (χ1) is 6.68. The van der Waals surface area contributed by atoms with Gasteiger partial charge < -0.3 is 5.32 Å². The largest absolute Gasteiger partial charge is 0.310 e. The quantitative estimate of drug-likeness (QED) is 0.820. The number of rotatable bonds is 1. The molecule has 1 atom stereocenters. The van der Waals surface area contributed by atoms with E-state index in [4.69, 9.17) is 11.6 Å². The van der Waals surface area contributed by atoms with Gasteiger partial charge in [0.25, 0.3) is 0 Å². The van der Waals surface area contributed by atoms with E-state index in [1.54, 1.807) is 0 Å². The molecule has 0 saturated carbocycles. The molecule has 3 heteroatoms. The van der Waals surface area contributed by atoms with Gasteiger partial charge >= 0.3 is 0 Å². The molecule has 76 valence electrons. The maximum absolute atomic E-state index is 6.03. The van der Waals surface area contributed by atoms with Gasteiger partial charge in [-0.15, -0.1) is 0 Å². The molecule has 0 aliphatic carbocycles. The van der Waals surface area contributed by atoms with Crippen molar-refractivity contribution < 1.29 is 0 Å². The van der Waals surface area contributed by atoms with Gasteiger partial charge in [0.05, 0.1) is 5.02 Å². The van der Waals surface area contributed by atoms with Crippen molar-refractivity contribution in [2.45, 2.75) is 25.8 Å². The molecule has 2 rings (SSSR count). The second-order valence-corrected chi connectivity index (χ2v) is 5.03. The molecular formula is C11H13BrClN. The van der Waals surface area contributed by atoms with Crippen molar-refractivity contribution in [3.05, 3.63) is 32.8 Å². The zero-order valence-corrected chi connectivity index (χ0v) is 10.5. The number of aryl methyl sites for hydroxylation is 1. The first-order valence-corrected chi connectivity index (χ1v) is 6.04. The minimum absolute atomic E-state index is 0.517. The van der Waals surface area contributed by atoms with Gasteiger partial charge in [-0.2, -0.15) is 0 Å². The van der Waals surface area contributed by atoms with Crippen LogP contribution in [0.15, 0.2) is 16.6 Å². The predicted molar refractivity (Wildman–Crippen MR) is 63.9 cm³/mol. The van der Waals surface area contributed by atoms with Crippen LogP contribution in [-0.4, -0.2) is 6.54 Å². The Balaban J connectivity index is 2.37. The van der Waals surface area contributed by atoms with Crippen LogP contribution in [0.4, 0.5) is 0 Å². The van der Waals surface area contributed by atoms with E-state index in [2.05, 4.69) is 34.2 Å².